The van der Waals surface area contributed by atoms with Crippen LogP contribution in [0.3, 0.4) is 0 Å². The maximum Gasteiger partial charge on any atom is 0.407 e. The zero-order chi connectivity index (χ0) is 24.8. The van der Waals surface area contributed by atoms with E-state index < -0.39 is 18.0 Å². The maximum absolute atomic E-state index is 12.5. The minimum atomic E-state index is -0.953. The molecule has 1 aliphatic heterocycles. The smallest absolute Gasteiger partial charge is 0.407 e. The van der Waals surface area contributed by atoms with Crippen molar-refractivity contribution in [3.8, 4) is 11.1 Å². The largest absolute Gasteiger partial charge is 0.481 e. The van der Waals surface area contributed by atoms with Gasteiger partial charge in [-0.25, -0.2) is 4.79 Å². The lowest BCUT2D eigenvalue weighted by atomic mass is 9.98. The molecule has 0 aromatic heterocycles. The van der Waals surface area contributed by atoms with E-state index in [-0.39, 0.29) is 44.0 Å². The number of piperidine rings is 1. The molecule has 0 saturated carbocycles. The quantitative estimate of drug-likeness (QED) is 0.534. The molecule has 2 aliphatic rings. The Labute approximate surface area is 203 Å². The lowest BCUT2D eigenvalue weighted by molar-refractivity contribution is -0.142. The van der Waals surface area contributed by atoms with Crippen LogP contribution in [0.5, 0.6) is 0 Å². The minimum absolute atomic E-state index is 0.0807. The molecule has 1 unspecified atom stereocenters. The topological polar surface area (TPSA) is 125 Å². The average molecular weight is 480 g/mol. The Morgan fingerprint density at radius 1 is 0.914 bits per heavy atom. The molecule has 3 N–H and O–H groups in total. The van der Waals surface area contributed by atoms with Gasteiger partial charge in [-0.1, -0.05) is 48.5 Å². The second-order valence-electron chi connectivity index (χ2n) is 8.79. The average Bonchev–Trinajstić information content (AvgIpc) is 3.18. The molecule has 2 aromatic carbocycles. The monoisotopic (exact) mass is 479 g/mol. The number of carboxylic acids is 1. The van der Waals surface area contributed by atoms with E-state index in [1.165, 1.54) is 4.90 Å². The van der Waals surface area contributed by atoms with E-state index in [4.69, 9.17) is 9.84 Å². The van der Waals surface area contributed by atoms with Gasteiger partial charge in [0.05, 0.1) is 13.0 Å². The van der Waals surface area contributed by atoms with Gasteiger partial charge in [0, 0.05) is 18.5 Å². The van der Waals surface area contributed by atoms with Gasteiger partial charge < -0.3 is 25.4 Å². The molecule has 184 valence electrons. The fourth-order valence-electron chi connectivity index (χ4n) is 4.88. The number of alkyl carbamates (subject to hydrolysis) is 1. The van der Waals surface area contributed by atoms with Crippen LogP contribution in [0, 0.1) is 0 Å². The Kier molecular flexibility index (Phi) is 7.64. The van der Waals surface area contributed by atoms with E-state index in [0.29, 0.717) is 13.0 Å². The van der Waals surface area contributed by atoms with Crippen molar-refractivity contribution in [1.82, 2.24) is 15.5 Å². The van der Waals surface area contributed by atoms with E-state index in [1.54, 1.807) is 0 Å². The number of ether oxygens (including phenoxy) is 1. The van der Waals surface area contributed by atoms with Crippen molar-refractivity contribution < 1.29 is 29.0 Å². The Morgan fingerprint density at radius 3 is 2.23 bits per heavy atom. The number of carbonyl (C=O) groups is 4. The zero-order valence-corrected chi connectivity index (χ0v) is 19.4. The van der Waals surface area contributed by atoms with Gasteiger partial charge in [0.1, 0.15) is 13.2 Å². The second kappa shape index (κ2) is 11.0. The summed E-state index contributed by atoms with van der Waals surface area (Å²) in [6, 6.07) is 15.7. The third-order valence-corrected chi connectivity index (χ3v) is 6.53. The molecule has 3 amide bonds. The first-order chi connectivity index (χ1) is 16.9. The first-order valence-electron chi connectivity index (χ1n) is 11.8. The van der Waals surface area contributed by atoms with Gasteiger partial charge >= 0.3 is 12.1 Å². The lowest BCUT2D eigenvalue weighted by Gasteiger charge is -2.35. The van der Waals surface area contributed by atoms with Crippen molar-refractivity contribution in [3.63, 3.8) is 0 Å². The molecule has 1 aliphatic carbocycles. The minimum Gasteiger partial charge on any atom is -0.481 e. The molecule has 4 rings (SSSR count). The van der Waals surface area contributed by atoms with Gasteiger partial charge in [-0.15, -0.1) is 0 Å². The first-order valence-corrected chi connectivity index (χ1v) is 11.8. The molecule has 0 spiro atoms. The van der Waals surface area contributed by atoms with Crippen LogP contribution in [0.15, 0.2) is 48.5 Å². The van der Waals surface area contributed by atoms with Crippen molar-refractivity contribution in [3.05, 3.63) is 59.7 Å². The normalized spacial score (nSPS) is 16.7. The third kappa shape index (κ3) is 5.79. The predicted molar refractivity (Wildman–Crippen MR) is 128 cm³/mol. The summed E-state index contributed by atoms with van der Waals surface area (Å²) in [5.41, 5.74) is 4.44. The van der Waals surface area contributed by atoms with Crippen LogP contribution in [0.2, 0.25) is 0 Å². The molecule has 9 heteroatoms. The summed E-state index contributed by atoms with van der Waals surface area (Å²) in [6.45, 7) is 0.0361. The molecule has 2 aromatic rings. The van der Waals surface area contributed by atoms with E-state index >= 15 is 0 Å². The summed E-state index contributed by atoms with van der Waals surface area (Å²) < 4.78 is 5.40. The number of hydrogen-bond donors (Lipinski definition) is 3. The second-order valence-corrected chi connectivity index (χ2v) is 8.79. The van der Waals surface area contributed by atoms with Gasteiger partial charge in [0.2, 0.25) is 11.8 Å². The van der Waals surface area contributed by atoms with Gasteiger partial charge in [0.15, 0.2) is 0 Å². The number of carbonyl (C=O) groups excluding carboxylic acids is 3. The molecular weight excluding hydrogens is 450 g/mol. The highest BCUT2D eigenvalue weighted by Gasteiger charge is 2.30. The van der Waals surface area contributed by atoms with Crippen LogP contribution in [0.25, 0.3) is 11.1 Å². The Bertz CT molecular complexity index is 1070. The van der Waals surface area contributed by atoms with Crippen molar-refractivity contribution in [2.24, 2.45) is 0 Å². The summed E-state index contributed by atoms with van der Waals surface area (Å²) in [6.07, 6.45) is 1.49. The molecule has 0 radical (unpaired) electrons. The molecular formula is C26H29N3O6. The molecule has 35 heavy (non-hydrogen) atoms. The van der Waals surface area contributed by atoms with Crippen LogP contribution >= 0.6 is 0 Å². The summed E-state index contributed by atoms with van der Waals surface area (Å²) in [5.74, 6) is -1.89. The lowest BCUT2D eigenvalue weighted by Crippen LogP contribution is -2.49. The van der Waals surface area contributed by atoms with Crippen molar-refractivity contribution in [2.75, 3.05) is 26.2 Å². The Hall–Kier alpha value is -3.88. The number of likely N-dealkylation sites (tertiary alicyclic amines) is 1. The summed E-state index contributed by atoms with van der Waals surface area (Å²) >= 11 is 0. The standard InChI is InChI=1S/C26H29N3O6/c30-23(27-15-24(31)29-12-6-5-7-17(29)13-25(32)33)14-28-26(34)35-16-22-20-10-3-1-8-18(20)19-9-2-4-11-21(19)22/h1-4,8-11,17,22H,5-7,12-16H2,(H,27,30)(H,28,34)(H,32,33). The van der Waals surface area contributed by atoms with Crippen LogP contribution < -0.4 is 10.6 Å². The molecule has 1 heterocycles. The highest BCUT2D eigenvalue weighted by Crippen LogP contribution is 2.44. The molecule has 1 fully saturated rings. The fourth-order valence-corrected chi connectivity index (χ4v) is 4.88. The van der Waals surface area contributed by atoms with Gasteiger partial charge in [-0.05, 0) is 41.5 Å². The van der Waals surface area contributed by atoms with E-state index in [1.807, 2.05) is 48.5 Å². The number of rotatable bonds is 8. The highest BCUT2D eigenvalue weighted by atomic mass is 16.5. The van der Waals surface area contributed by atoms with E-state index in [9.17, 15) is 19.2 Å². The first kappa shape index (κ1) is 24.3. The number of carboxylic acid groups (broad SMARTS) is 1. The number of amides is 3. The molecule has 1 saturated heterocycles. The maximum atomic E-state index is 12.5. The number of aliphatic carboxylic acids is 1. The van der Waals surface area contributed by atoms with Crippen LogP contribution in [0.4, 0.5) is 4.79 Å². The summed E-state index contributed by atoms with van der Waals surface area (Å²) in [5, 5.41) is 14.0. The van der Waals surface area contributed by atoms with Crippen LogP contribution in [-0.2, 0) is 19.1 Å². The Morgan fingerprint density at radius 2 is 1.57 bits per heavy atom. The van der Waals surface area contributed by atoms with Crippen molar-refractivity contribution in [1.29, 1.82) is 0 Å². The number of nitrogens with one attached hydrogen (secondary N) is 2. The van der Waals surface area contributed by atoms with E-state index in [0.717, 1.165) is 35.1 Å². The zero-order valence-electron chi connectivity index (χ0n) is 19.4. The predicted octanol–water partition coefficient (Wildman–Crippen LogP) is 2.50. The summed E-state index contributed by atoms with van der Waals surface area (Å²) in [7, 11) is 0. The van der Waals surface area contributed by atoms with E-state index in [2.05, 4.69) is 10.6 Å². The van der Waals surface area contributed by atoms with Gasteiger partial charge in [-0.3, -0.25) is 14.4 Å². The fraction of sp³-hybridized carbons (Fsp3) is 0.385. The third-order valence-electron chi connectivity index (χ3n) is 6.53. The number of fused-ring (bicyclic) bond motifs is 3. The SMILES string of the molecule is O=C(O)CC1CCCCN1C(=O)CNC(=O)CNC(=O)OCC1c2ccccc2-c2ccccc21. The highest BCUT2D eigenvalue weighted by molar-refractivity contribution is 5.87. The molecule has 1 atom stereocenters. The Balaban J connectivity index is 1.22. The molecule has 9 nitrogen and oxygen atoms in total. The summed E-state index contributed by atoms with van der Waals surface area (Å²) in [4.78, 5) is 49.4. The van der Waals surface area contributed by atoms with Gasteiger partial charge in [-0.2, -0.15) is 0 Å². The van der Waals surface area contributed by atoms with Crippen molar-refractivity contribution >= 4 is 23.9 Å². The number of benzene rings is 2. The number of hydrogen-bond acceptors (Lipinski definition) is 5. The number of nitrogens with zero attached hydrogens (tertiary/aromatic N) is 1. The van der Waals surface area contributed by atoms with Crippen LogP contribution in [-0.4, -0.2) is 66.2 Å². The van der Waals surface area contributed by atoms with Crippen molar-refractivity contribution in [2.45, 2.75) is 37.6 Å². The van der Waals surface area contributed by atoms with Crippen LogP contribution in [0.1, 0.15) is 42.7 Å². The van der Waals surface area contributed by atoms with Gasteiger partial charge in [0.25, 0.3) is 0 Å². The molecule has 0 bridgehead atoms.